The highest BCUT2D eigenvalue weighted by atomic mass is 32.1. The van der Waals surface area contributed by atoms with Crippen LogP contribution in [-0.2, 0) is 4.79 Å². The third-order valence-corrected chi connectivity index (χ3v) is 6.08. The van der Waals surface area contributed by atoms with Crippen LogP contribution in [0.15, 0.2) is 36.4 Å². The van der Waals surface area contributed by atoms with Crippen molar-refractivity contribution < 1.29 is 9.53 Å². The van der Waals surface area contributed by atoms with Crippen LogP contribution in [0.1, 0.15) is 23.1 Å². The van der Waals surface area contributed by atoms with E-state index in [-0.39, 0.29) is 12.5 Å². The highest BCUT2D eigenvalue weighted by Gasteiger charge is 2.21. The van der Waals surface area contributed by atoms with Crippen molar-refractivity contribution in [2.75, 3.05) is 38.7 Å². The van der Waals surface area contributed by atoms with Crippen molar-refractivity contribution in [2.45, 2.75) is 27.2 Å². The summed E-state index contributed by atoms with van der Waals surface area (Å²) in [4.78, 5) is 21.8. The normalized spacial score (nSPS) is 11.2. The standard InChI is InChI=1S/C23H29N3O2S/c1-16-11-12-20-22(18(16)3)24-23(29-20)26(14-8-13-25(4)5)21(27)15-28-19-10-7-6-9-17(19)2/h6-7,9-12H,8,13-15H2,1-5H3. The average molecular weight is 412 g/mol. The van der Waals surface area contributed by atoms with E-state index < -0.39 is 0 Å². The minimum absolute atomic E-state index is 0.000747. The van der Waals surface area contributed by atoms with Gasteiger partial charge in [0.15, 0.2) is 11.7 Å². The van der Waals surface area contributed by atoms with Gasteiger partial charge < -0.3 is 9.64 Å². The Kier molecular flexibility index (Phi) is 6.87. The molecule has 0 saturated carbocycles. The number of aryl methyl sites for hydroxylation is 3. The van der Waals surface area contributed by atoms with Crippen LogP contribution >= 0.6 is 11.3 Å². The van der Waals surface area contributed by atoms with Gasteiger partial charge in [-0.3, -0.25) is 9.69 Å². The van der Waals surface area contributed by atoms with Crippen LogP contribution in [0.2, 0.25) is 0 Å². The summed E-state index contributed by atoms with van der Waals surface area (Å²) in [5.41, 5.74) is 4.38. The maximum absolute atomic E-state index is 13.1. The fourth-order valence-electron chi connectivity index (χ4n) is 3.14. The molecule has 3 rings (SSSR count). The van der Waals surface area contributed by atoms with Crippen molar-refractivity contribution in [1.29, 1.82) is 0 Å². The van der Waals surface area contributed by atoms with E-state index in [1.54, 1.807) is 16.2 Å². The number of carbonyl (C=O) groups excluding carboxylic acids is 1. The van der Waals surface area contributed by atoms with Gasteiger partial charge in [-0.25, -0.2) is 4.98 Å². The number of para-hydroxylation sites is 1. The Bertz CT molecular complexity index is 997. The van der Waals surface area contributed by atoms with E-state index in [0.29, 0.717) is 6.54 Å². The second kappa shape index (κ2) is 9.37. The Morgan fingerprint density at radius 3 is 2.52 bits per heavy atom. The Hall–Kier alpha value is -2.44. The van der Waals surface area contributed by atoms with E-state index in [2.05, 4.69) is 30.9 Å². The summed E-state index contributed by atoms with van der Waals surface area (Å²) in [6.45, 7) is 7.68. The highest BCUT2D eigenvalue weighted by Crippen LogP contribution is 2.32. The summed E-state index contributed by atoms with van der Waals surface area (Å²) in [6, 6.07) is 11.9. The number of nitrogens with zero attached hydrogens (tertiary/aromatic N) is 3. The van der Waals surface area contributed by atoms with Crippen LogP contribution in [-0.4, -0.2) is 49.6 Å². The zero-order valence-electron chi connectivity index (χ0n) is 17.9. The summed E-state index contributed by atoms with van der Waals surface area (Å²) in [5, 5.41) is 0.742. The first-order chi connectivity index (χ1) is 13.9. The number of hydrogen-bond acceptors (Lipinski definition) is 5. The first-order valence-corrected chi connectivity index (χ1v) is 10.7. The Labute approximate surface area is 176 Å². The van der Waals surface area contributed by atoms with Crippen molar-refractivity contribution in [2.24, 2.45) is 0 Å². The second-order valence-corrected chi connectivity index (χ2v) is 8.62. The van der Waals surface area contributed by atoms with E-state index in [1.165, 1.54) is 11.1 Å². The number of anilines is 1. The molecule has 0 N–H and O–H groups in total. The van der Waals surface area contributed by atoms with Crippen LogP contribution in [0, 0.1) is 20.8 Å². The van der Waals surface area contributed by atoms with Crippen LogP contribution in [0.25, 0.3) is 10.2 Å². The molecule has 0 fully saturated rings. The van der Waals surface area contributed by atoms with Gasteiger partial charge in [0.25, 0.3) is 5.91 Å². The monoisotopic (exact) mass is 411 g/mol. The first-order valence-electron chi connectivity index (χ1n) is 9.87. The van der Waals surface area contributed by atoms with Crippen molar-refractivity contribution in [3.05, 3.63) is 53.1 Å². The van der Waals surface area contributed by atoms with Gasteiger partial charge in [0.05, 0.1) is 10.2 Å². The summed E-state index contributed by atoms with van der Waals surface area (Å²) < 4.78 is 6.93. The van der Waals surface area contributed by atoms with Crippen LogP contribution in [0.4, 0.5) is 5.13 Å². The first kappa shape index (κ1) is 21.3. The number of hydrogen-bond donors (Lipinski definition) is 0. The number of aromatic nitrogens is 1. The van der Waals surface area contributed by atoms with E-state index in [1.807, 2.05) is 45.3 Å². The van der Waals surface area contributed by atoms with Gasteiger partial charge in [-0.2, -0.15) is 0 Å². The summed E-state index contributed by atoms with van der Waals surface area (Å²) in [7, 11) is 4.08. The van der Waals surface area contributed by atoms with Crippen molar-refractivity contribution in [1.82, 2.24) is 9.88 Å². The molecule has 6 heteroatoms. The largest absolute Gasteiger partial charge is 0.483 e. The minimum Gasteiger partial charge on any atom is -0.483 e. The predicted octanol–water partition coefficient (Wildman–Crippen LogP) is 4.59. The molecule has 0 spiro atoms. The third kappa shape index (κ3) is 5.14. The molecule has 1 amide bonds. The van der Waals surface area contributed by atoms with Crippen molar-refractivity contribution >= 4 is 32.6 Å². The molecule has 0 bridgehead atoms. The van der Waals surface area contributed by atoms with Gasteiger partial charge in [0.1, 0.15) is 5.75 Å². The predicted molar refractivity (Wildman–Crippen MR) is 121 cm³/mol. The fourth-order valence-corrected chi connectivity index (χ4v) is 4.21. The van der Waals surface area contributed by atoms with Gasteiger partial charge in [0, 0.05) is 6.54 Å². The Morgan fingerprint density at radius 1 is 1.03 bits per heavy atom. The molecule has 5 nitrogen and oxygen atoms in total. The number of benzene rings is 2. The van der Waals surface area contributed by atoms with Crippen molar-refractivity contribution in [3.8, 4) is 5.75 Å². The molecule has 0 aliphatic rings. The molecule has 0 unspecified atom stereocenters. The molecule has 0 aliphatic heterocycles. The SMILES string of the molecule is Cc1ccccc1OCC(=O)N(CCCN(C)C)c1nc2c(C)c(C)ccc2s1. The van der Waals surface area contributed by atoms with Crippen LogP contribution in [0.5, 0.6) is 5.75 Å². The van der Waals surface area contributed by atoms with Gasteiger partial charge >= 0.3 is 0 Å². The van der Waals surface area contributed by atoms with Crippen molar-refractivity contribution in [3.63, 3.8) is 0 Å². The van der Waals surface area contributed by atoms with E-state index in [0.717, 1.165) is 39.6 Å². The highest BCUT2D eigenvalue weighted by molar-refractivity contribution is 7.22. The van der Waals surface area contributed by atoms with Gasteiger partial charge in [-0.1, -0.05) is 35.6 Å². The number of ether oxygens (including phenoxy) is 1. The van der Waals surface area contributed by atoms with Crippen LogP contribution < -0.4 is 9.64 Å². The summed E-state index contributed by atoms with van der Waals surface area (Å²) in [6.07, 6.45) is 0.872. The minimum atomic E-state index is -0.0690. The molecule has 2 aromatic carbocycles. The molecule has 3 aromatic rings. The summed E-state index contributed by atoms with van der Waals surface area (Å²) >= 11 is 1.57. The zero-order chi connectivity index (χ0) is 21.0. The average Bonchev–Trinajstić information content (AvgIpc) is 3.12. The molecular weight excluding hydrogens is 382 g/mol. The Morgan fingerprint density at radius 2 is 1.79 bits per heavy atom. The maximum atomic E-state index is 13.1. The number of amides is 1. The lowest BCUT2D eigenvalue weighted by atomic mass is 10.1. The lowest BCUT2D eigenvalue weighted by molar-refractivity contribution is -0.120. The number of rotatable bonds is 8. The molecular formula is C23H29N3O2S. The quantitative estimate of drug-likeness (QED) is 0.544. The molecule has 1 aromatic heterocycles. The molecule has 1 heterocycles. The van der Waals surface area contributed by atoms with Gasteiger partial charge in [0.2, 0.25) is 0 Å². The fraction of sp³-hybridized carbons (Fsp3) is 0.391. The van der Waals surface area contributed by atoms with Gasteiger partial charge in [-0.15, -0.1) is 0 Å². The molecule has 0 aliphatic carbocycles. The smallest absolute Gasteiger partial charge is 0.266 e. The van der Waals surface area contributed by atoms with E-state index in [9.17, 15) is 4.79 Å². The lowest BCUT2D eigenvalue weighted by Gasteiger charge is -2.21. The number of carbonyl (C=O) groups is 1. The molecule has 0 radical (unpaired) electrons. The van der Waals surface area contributed by atoms with E-state index in [4.69, 9.17) is 9.72 Å². The maximum Gasteiger partial charge on any atom is 0.266 e. The lowest BCUT2D eigenvalue weighted by Crippen LogP contribution is -2.37. The summed E-state index contributed by atoms with van der Waals surface area (Å²) in [5.74, 6) is 0.672. The third-order valence-electron chi connectivity index (χ3n) is 5.04. The molecule has 0 saturated heterocycles. The number of fused-ring (bicyclic) bond motifs is 1. The van der Waals surface area contributed by atoms with Crippen LogP contribution in [0.3, 0.4) is 0 Å². The number of thiazole rings is 1. The molecule has 154 valence electrons. The second-order valence-electron chi connectivity index (χ2n) is 7.61. The topological polar surface area (TPSA) is 45.7 Å². The molecule has 29 heavy (non-hydrogen) atoms. The van der Waals surface area contributed by atoms with E-state index >= 15 is 0 Å². The zero-order valence-corrected chi connectivity index (χ0v) is 18.7. The molecule has 0 atom stereocenters. The Balaban J connectivity index is 1.82. The van der Waals surface area contributed by atoms with Gasteiger partial charge in [-0.05, 0) is 76.7 Å².